The number of rotatable bonds is 5. The standard InChI is InChI=1S/C8H14O2.Pb/c1-2-3-4-5-6-7-8(9)10;/h6-7H,2-5H2,1H3,(H,9,10);. The van der Waals surface area contributed by atoms with E-state index in [1.807, 2.05) is 0 Å². The Balaban J connectivity index is 0. The van der Waals surface area contributed by atoms with Gasteiger partial charge in [-0.1, -0.05) is 25.8 Å². The van der Waals surface area contributed by atoms with Crippen LogP contribution >= 0.6 is 0 Å². The average molecular weight is 349 g/mol. The van der Waals surface area contributed by atoms with E-state index in [1.54, 1.807) is 6.08 Å². The summed E-state index contributed by atoms with van der Waals surface area (Å²) in [6.07, 6.45) is 7.26. The van der Waals surface area contributed by atoms with Crippen LogP contribution in [-0.2, 0) is 4.79 Å². The van der Waals surface area contributed by atoms with Crippen LogP contribution in [0.4, 0.5) is 0 Å². The van der Waals surface area contributed by atoms with Crippen LogP contribution in [0.25, 0.3) is 0 Å². The largest absolute Gasteiger partial charge is 0.478 e. The number of carboxylic acids is 1. The van der Waals surface area contributed by atoms with Gasteiger partial charge in [-0.15, -0.1) is 0 Å². The molecule has 62 valence electrons. The smallest absolute Gasteiger partial charge is 0.327 e. The maximum Gasteiger partial charge on any atom is 0.327 e. The van der Waals surface area contributed by atoms with Gasteiger partial charge in [-0.2, -0.15) is 0 Å². The molecular weight excluding hydrogens is 335 g/mol. The molecule has 0 aromatic heterocycles. The molecule has 3 heteroatoms. The second-order valence-electron chi connectivity index (χ2n) is 2.24. The van der Waals surface area contributed by atoms with Crippen LogP contribution in [0.2, 0.25) is 0 Å². The van der Waals surface area contributed by atoms with Gasteiger partial charge >= 0.3 is 5.97 Å². The van der Waals surface area contributed by atoms with Crippen molar-refractivity contribution in [1.29, 1.82) is 0 Å². The summed E-state index contributed by atoms with van der Waals surface area (Å²) in [5.41, 5.74) is 0. The van der Waals surface area contributed by atoms with Gasteiger partial charge in [0.1, 0.15) is 0 Å². The van der Waals surface area contributed by atoms with Crippen LogP contribution < -0.4 is 0 Å². The molecule has 0 rings (SSSR count). The molecule has 0 aliphatic carbocycles. The van der Waals surface area contributed by atoms with Gasteiger partial charge < -0.3 is 5.11 Å². The summed E-state index contributed by atoms with van der Waals surface area (Å²) in [6.45, 7) is 2.13. The molecule has 0 saturated carbocycles. The Kier molecular flexibility index (Phi) is 12.6. The van der Waals surface area contributed by atoms with E-state index in [-0.39, 0.29) is 27.3 Å². The number of hydrogen-bond acceptors (Lipinski definition) is 1. The third-order valence-corrected chi connectivity index (χ3v) is 1.23. The molecule has 11 heavy (non-hydrogen) atoms. The van der Waals surface area contributed by atoms with Crippen LogP contribution in [0.3, 0.4) is 0 Å². The van der Waals surface area contributed by atoms with Crippen LogP contribution in [0.5, 0.6) is 0 Å². The molecule has 0 aromatic carbocycles. The van der Waals surface area contributed by atoms with E-state index in [0.717, 1.165) is 12.8 Å². The Morgan fingerprint density at radius 3 is 2.55 bits per heavy atom. The van der Waals surface area contributed by atoms with Crippen molar-refractivity contribution in [2.24, 2.45) is 0 Å². The SMILES string of the molecule is CCCCCC=CC(=O)O.[Pb]. The Hall–Kier alpha value is 0.132. The van der Waals surface area contributed by atoms with E-state index < -0.39 is 5.97 Å². The molecule has 0 fully saturated rings. The maximum absolute atomic E-state index is 9.95. The van der Waals surface area contributed by atoms with Crippen LogP contribution in [0, 0.1) is 0 Å². The quantitative estimate of drug-likeness (QED) is 0.467. The summed E-state index contributed by atoms with van der Waals surface area (Å²) in [5.74, 6) is -0.850. The zero-order valence-corrected chi connectivity index (χ0v) is 10.7. The maximum atomic E-state index is 9.95. The number of carboxylic acid groups (broad SMARTS) is 1. The van der Waals surface area contributed by atoms with Crippen molar-refractivity contribution in [1.82, 2.24) is 0 Å². The second kappa shape index (κ2) is 10.1. The Bertz CT molecular complexity index is 121. The Morgan fingerprint density at radius 2 is 2.09 bits per heavy atom. The van der Waals surface area contributed by atoms with E-state index in [2.05, 4.69) is 6.92 Å². The van der Waals surface area contributed by atoms with Crippen LogP contribution in [-0.4, -0.2) is 38.4 Å². The van der Waals surface area contributed by atoms with Gasteiger partial charge in [-0.25, -0.2) is 4.79 Å². The average Bonchev–Trinajstić information content (AvgIpc) is 1.87. The van der Waals surface area contributed by atoms with Gasteiger partial charge in [0.05, 0.1) is 0 Å². The van der Waals surface area contributed by atoms with Crippen molar-refractivity contribution in [2.45, 2.75) is 32.6 Å². The fourth-order valence-electron chi connectivity index (χ4n) is 0.696. The summed E-state index contributed by atoms with van der Waals surface area (Å²) in [7, 11) is 0. The van der Waals surface area contributed by atoms with E-state index >= 15 is 0 Å². The van der Waals surface area contributed by atoms with Crippen LogP contribution in [0.15, 0.2) is 12.2 Å². The van der Waals surface area contributed by atoms with Crippen molar-refractivity contribution in [3.05, 3.63) is 12.2 Å². The first-order chi connectivity index (χ1) is 4.77. The molecule has 0 atom stereocenters. The Labute approximate surface area is 87.8 Å². The minimum Gasteiger partial charge on any atom is -0.478 e. The summed E-state index contributed by atoms with van der Waals surface area (Å²) < 4.78 is 0. The van der Waals surface area contributed by atoms with Crippen molar-refractivity contribution >= 4 is 33.3 Å². The topological polar surface area (TPSA) is 37.3 Å². The third kappa shape index (κ3) is 13.2. The van der Waals surface area contributed by atoms with Gasteiger partial charge in [-0.05, 0) is 12.8 Å². The molecule has 0 heterocycles. The molecule has 0 spiro atoms. The molecule has 2 nitrogen and oxygen atoms in total. The molecule has 0 aliphatic rings. The molecule has 0 aliphatic heterocycles. The molecular formula is C8H14O2Pb. The predicted octanol–water partition coefficient (Wildman–Crippen LogP) is 1.83. The fraction of sp³-hybridized carbons (Fsp3) is 0.625. The molecule has 0 bridgehead atoms. The second-order valence-corrected chi connectivity index (χ2v) is 2.24. The minimum atomic E-state index is -0.850. The number of allylic oxidation sites excluding steroid dienone is 1. The molecule has 0 amide bonds. The minimum absolute atomic E-state index is 0. The molecule has 0 unspecified atom stereocenters. The zero-order valence-electron chi connectivity index (χ0n) is 6.84. The molecule has 1 N–H and O–H groups in total. The van der Waals surface area contributed by atoms with Gasteiger partial charge in [0.25, 0.3) is 0 Å². The van der Waals surface area contributed by atoms with Gasteiger partial charge in [0.15, 0.2) is 0 Å². The van der Waals surface area contributed by atoms with Gasteiger partial charge in [0, 0.05) is 33.4 Å². The summed E-state index contributed by atoms with van der Waals surface area (Å²) in [4.78, 5) is 9.95. The summed E-state index contributed by atoms with van der Waals surface area (Å²) in [6, 6.07) is 0. The Morgan fingerprint density at radius 1 is 1.45 bits per heavy atom. The molecule has 0 aromatic rings. The number of carbonyl (C=O) groups is 1. The predicted molar refractivity (Wildman–Crippen MR) is 46.7 cm³/mol. The molecule has 0 saturated heterocycles. The van der Waals surface area contributed by atoms with Crippen molar-refractivity contribution in [2.75, 3.05) is 0 Å². The van der Waals surface area contributed by atoms with E-state index in [1.165, 1.54) is 18.9 Å². The first-order valence-electron chi connectivity index (χ1n) is 3.67. The van der Waals surface area contributed by atoms with Gasteiger partial charge in [-0.3, -0.25) is 0 Å². The van der Waals surface area contributed by atoms with Gasteiger partial charge in [0.2, 0.25) is 0 Å². The monoisotopic (exact) mass is 350 g/mol. The van der Waals surface area contributed by atoms with Crippen molar-refractivity contribution < 1.29 is 9.90 Å². The normalized spacial score (nSPS) is 9.55. The summed E-state index contributed by atoms with van der Waals surface area (Å²) in [5, 5.41) is 8.18. The van der Waals surface area contributed by atoms with Crippen molar-refractivity contribution in [3.63, 3.8) is 0 Å². The fourth-order valence-corrected chi connectivity index (χ4v) is 0.696. The molecule has 4 radical (unpaired) electrons. The summed E-state index contributed by atoms with van der Waals surface area (Å²) >= 11 is 0. The van der Waals surface area contributed by atoms with E-state index in [4.69, 9.17) is 5.11 Å². The number of aliphatic carboxylic acids is 1. The van der Waals surface area contributed by atoms with E-state index in [9.17, 15) is 4.79 Å². The first kappa shape index (κ1) is 13.7. The number of unbranched alkanes of at least 4 members (excludes halogenated alkanes) is 3. The number of hydrogen-bond donors (Lipinski definition) is 1. The zero-order chi connectivity index (χ0) is 7.82. The first-order valence-corrected chi connectivity index (χ1v) is 3.67. The van der Waals surface area contributed by atoms with E-state index in [0.29, 0.717) is 0 Å². The van der Waals surface area contributed by atoms with Crippen LogP contribution in [0.1, 0.15) is 32.6 Å². The third-order valence-electron chi connectivity index (χ3n) is 1.23. The van der Waals surface area contributed by atoms with Crippen molar-refractivity contribution in [3.8, 4) is 0 Å².